The standard InChI is InChI=1S/C29H29F3N2O6S2/c30-29(31,32)27-12-11-26(42(39,40)25-9-2-1-3-10-25)19-22(27)7-5-17-41(37,38)33-20-21-13-15-34(16-14-21)24-8-4-6-23(18-24)28(35)36/h1-12,18-19,21,33H,13-17,20H2,(H,35,36). The van der Waals surface area contributed by atoms with Gasteiger partial charge in [0.15, 0.2) is 0 Å². The molecule has 0 atom stereocenters. The number of nitrogens with one attached hydrogen (secondary N) is 1. The summed E-state index contributed by atoms with van der Waals surface area (Å²) in [6.07, 6.45) is -1.43. The summed E-state index contributed by atoms with van der Waals surface area (Å²) in [5, 5.41) is 9.20. The number of sulfone groups is 1. The molecule has 2 N–H and O–H groups in total. The molecule has 8 nitrogen and oxygen atoms in total. The maximum atomic E-state index is 13.6. The SMILES string of the molecule is O=C(O)c1cccc(N2CCC(CNS(=O)(=O)CC=Cc3cc(S(=O)(=O)c4ccccc4)ccc3C(F)(F)F)CC2)c1. The predicted molar refractivity (Wildman–Crippen MR) is 152 cm³/mol. The summed E-state index contributed by atoms with van der Waals surface area (Å²) < 4.78 is 94.4. The van der Waals surface area contributed by atoms with E-state index in [1.807, 2.05) is 11.0 Å². The maximum absolute atomic E-state index is 13.6. The van der Waals surface area contributed by atoms with Crippen LogP contribution in [0.4, 0.5) is 18.9 Å². The lowest BCUT2D eigenvalue weighted by atomic mass is 9.96. The molecule has 3 aromatic carbocycles. The molecule has 4 rings (SSSR count). The van der Waals surface area contributed by atoms with Crippen LogP contribution < -0.4 is 9.62 Å². The highest BCUT2D eigenvalue weighted by Gasteiger charge is 2.34. The number of carboxylic acid groups (broad SMARTS) is 1. The second-order valence-electron chi connectivity index (χ2n) is 9.88. The van der Waals surface area contributed by atoms with Crippen molar-refractivity contribution in [2.24, 2.45) is 5.92 Å². The van der Waals surface area contributed by atoms with E-state index in [1.54, 1.807) is 18.2 Å². The van der Waals surface area contributed by atoms with Crippen LogP contribution in [-0.2, 0) is 26.0 Å². The Hall–Kier alpha value is -3.68. The van der Waals surface area contributed by atoms with Gasteiger partial charge in [0.05, 0.1) is 26.7 Å². The van der Waals surface area contributed by atoms with E-state index in [-0.39, 0.29) is 27.8 Å². The molecule has 224 valence electrons. The highest BCUT2D eigenvalue weighted by atomic mass is 32.2. The number of nitrogens with zero attached hydrogens (tertiary/aromatic N) is 1. The van der Waals surface area contributed by atoms with E-state index in [9.17, 15) is 39.9 Å². The Balaban J connectivity index is 1.39. The molecule has 0 amide bonds. The normalized spacial score (nSPS) is 15.3. The van der Waals surface area contributed by atoms with Gasteiger partial charge in [0.25, 0.3) is 0 Å². The molecule has 3 aromatic rings. The van der Waals surface area contributed by atoms with E-state index in [4.69, 9.17) is 0 Å². The Morgan fingerprint density at radius 3 is 2.26 bits per heavy atom. The number of alkyl halides is 3. The summed E-state index contributed by atoms with van der Waals surface area (Å²) in [5.41, 5.74) is -0.592. The van der Waals surface area contributed by atoms with Gasteiger partial charge < -0.3 is 10.0 Å². The number of halogens is 3. The summed E-state index contributed by atoms with van der Waals surface area (Å²) >= 11 is 0. The smallest absolute Gasteiger partial charge is 0.416 e. The third kappa shape index (κ3) is 7.78. The zero-order valence-electron chi connectivity index (χ0n) is 22.3. The molecular weight excluding hydrogens is 593 g/mol. The third-order valence-corrected chi connectivity index (χ3v) is 9.98. The monoisotopic (exact) mass is 622 g/mol. The highest BCUT2D eigenvalue weighted by Crippen LogP contribution is 2.35. The van der Waals surface area contributed by atoms with Gasteiger partial charge in [-0.3, -0.25) is 0 Å². The van der Waals surface area contributed by atoms with Crippen LogP contribution in [0.25, 0.3) is 6.08 Å². The summed E-state index contributed by atoms with van der Waals surface area (Å²) in [7, 11) is -7.96. The van der Waals surface area contributed by atoms with E-state index in [2.05, 4.69) is 4.72 Å². The number of carbonyl (C=O) groups is 1. The fraction of sp³-hybridized carbons (Fsp3) is 0.276. The summed E-state index contributed by atoms with van der Waals surface area (Å²) in [6, 6.07) is 16.3. The second-order valence-corrected chi connectivity index (χ2v) is 13.7. The van der Waals surface area contributed by atoms with Gasteiger partial charge in [0, 0.05) is 25.3 Å². The first-order valence-electron chi connectivity index (χ1n) is 13.0. The maximum Gasteiger partial charge on any atom is 0.416 e. The van der Waals surface area contributed by atoms with Crippen molar-refractivity contribution in [3.63, 3.8) is 0 Å². The first-order valence-corrected chi connectivity index (χ1v) is 16.1. The number of hydrogen-bond acceptors (Lipinski definition) is 6. The van der Waals surface area contributed by atoms with Gasteiger partial charge in [-0.25, -0.2) is 26.4 Å². The molecule has 1 aliphatic rings. The first-order chi connectivity index (χ1) is 19.8. The van der Waals surface area contributed by atoms with Crippen LogP contribution in [0.15, 0.2) is 88.7 Å². The van der Waals surface area contributed by atoms with Crippen LogP contribution in [0, 0.1) is 5.92 Å². The van der Waals surface area contributed by atoms with Gasteiger partial charge in [-0.1, -0.05) is 36.4 Å². The van der Waals surface area contributed by atoms with Crippen LogP contribution in [-0.4, -0.2) is 53.3 Å². The van der Waals surface area contributed by atoms with Gasteiger partial charge in [-0.15, -0.1) is 0 Å². The molecule has 1 aliphatic heterocycles. The largest absolute Gasteiger partial charge is 0.478 e. The van der Waals surface area contributed by atoms with Crippen molar-refractivity contribution in [1.29, 1.82) is 0 Å². The molecule has 1 heterocycles. The van der Waals surface area contributed by atoms with E-state index < -0.39 is 48.9 Å². The summed E-state index contributed by atoms with van der Waals surface area (Å²) in [4.78, 5) is 12.8. The number of hydrogen-bond donors (Lipinski definition) is 2. The zero-order chi connectivity index (χ0) is 30.5. The number of piperidine rings is 1. The van der Waals surface area contributed by atoms with Gasteiger partial charge in [0.1, 0.15) is 0 Å². The number of aromatic carboxylic acids is 1. The quantitative estimate of drug-likeness (QED) is 0.323. The van der Waals surface area contributed by atoms with Crippen molar-refractivity contribution in [3.05, 3.63) is 95.6 Å². The molecule has 0 unspecified atom stereocenters. The average molecular weight is 623 g/mol. The van der Waals surface area contributed by atoms with E-state index in [0.29, 0.717) is 32.0 Å². The van der Waals surface area contributed by atoms with Crippen LogP contribution in [0.2, 0.25) is 0 Å². The minimum atomic E-state index is -4.78. The lowest BCUT2D eigenvalue weighted by Crippen LogP contribution is -2.39. The molecule has 0 radical (unpaired) electrons. The van der Waals surface area contributed by atoms with Crippen molar-refractivity contribution in [3.8, 4) is 0 Å². The molecule has 13 heteroatoms. The number of carboxylic acids is 1. The van der Waals surface area contributed by atoms with E-state index >= 15 is 0 Å². The van der Waals surface area contributed by atoms with Crippen LogP contribution in [0.1, 0.15) is 34.3 Å². The van der Waals surface area contributed by atoms with Gasteiger partial charge >= 0.3 is 12.1 Å². The molecule has 0 bridgehead atoms. The Morgan fingerprint density at radius 1 is 0.929 bits per heavy atom. The van der Waals surface area contributed by atoms with Crippen LogP contribution >= 0.6 is 0 Å². The Kier molecular flexibility index (Phi) is 9.43. The third-order valence-electron chi connectivity index (χ3n) is 6.97. The zero-order valence-corrected chi connectivity index (χ0v) is 23.9. The minimum Gasteiger partial charge on any atom is -0.478 e. The molecule has 1 fully saturated rings. The lowest BCUT2D eigenvalue weighted by Gasteiger charge is -2.33. The number of benzene rings is 3. The Bertz CT molecular complexity index is 1670. The highest BCUT2D eigenvalue weighted by molar-refractivity contribution is 7.91. The van der Waals surface area contributed by atoms with Crippen molar-refractivity contribution >= 4 is 37.6 Å². The van der Waals surface area contributed by atoms with Gasteiger partial charge in [-0.05, 0) is 72.9 Å². The molecular formula is C29H29F3N2O6S2. The fourth-order valence-corrected chi connectivity index (χ4v) is 6.95. The average Bonchev–Trinajstić information content (AvgIpc) is 2.96. The number of anilines is 1. The number of rotatable bonds is 10. The van der Waals surface area contributed by atoms with Gasteiger partial charge in [0.2, 0.25) is 19.9 Å². The van der Waals surface area contributed by atoms with Crippen molar-refractivity contribution in [2.45, 2.75) is 28.8 Å². The molecule has 0 aliphatic carbocycles. The predicted octanol–water partition coefficient (Wildman–Crippen LogP) is 5.09. The van der Waals surface area contributed by atoms with E-state index in [0.717, 1.165) is 30.0 Å². The topological polar surface area (TPSA) is 121 Å². The van der Waals surface area contributed by atoms with Crippen LogP contribution in [0.3, 0.4) is 0 Å². The van der Waals surface area contributed by atoms with E-state index in [1.165, 1.54) is 30.3 Å². The number of sulfonamides is 1. The summed E-state index contributed by atoms with van der Waals surface area (Å²) in [5.74, 6) is -1.59. The summed E-state index contributed by atoms with van der Waals surface area (Å²) in [6.45, 7) is 1.37. The van der Waals surface area contributed by atoms with Crippen LogP contribution in [0.5, 0.6) is 0 Å². The van der Waals surface area contributed by atoms with Gasteiger partial charge in [-0.2, -0.15) is 13.2 Å². The Labute approximate surface area is 242 Å². The second kappa shape index (κ2) is 12.7. The Morgan fingerprint density at radius 2 is 1.62 bits per heavy atom. The minimum absolute atomic E-state index is 0.0272. The molecule has 42 heavy (non-hydrogen) atoms. The molecule has 1 saturated heterocycles. The van der Waals surface area contributed by atoms with Crippen molar-refractivity contribution in [1.82, 2.24) is 4.72 Å². The molecule has 0 saturated carbocycles. The van der Waals surface area contributed by atoms with Crippen molar-refractivity contribution < 1.29 is 39.9 Å². The van der Waals surface area contributed by atoms with Crippen molar-refractivity contribution in [2.75, 3.05) is 30.3 Å². The fourth-order valence-electron chi connectivity index (χ4n) is 4.68. The molecule has 0 aromatic heterocycles. The first kappa shape index (κ1) is 31.3. The lowest BCUT2D eigenvalue weighted by molar-refractivity contribution is -0.137. The molecule has 0 spiro atoms.